The van der Waals surface area contributed by atoms with Crippen molar-refractivity contribution < 1.29 is 14.3 Å². The first-order valence-corrected chi connectivity index (χ1v) is 5.31. The molecule has 2 aliphatic rings. The van der Waals surface area contributed by atoms with Crippen LogP contribution in [0.1, 0.15) is 26.2 Å². The second kappa shape index (κ2) is 3.81. The van der Waals surface area contributed by atoms with Gasteiger partial charge >= 0.3 is 6.03 Å². The van der Waals surface area contributed by atoms with Crippen LogP contribution in [0, 0.1) is 0 Å². The minimum atomic E-state index is -0.254. The van der Waals surface area contributed by atoms with Crippen molar-refractivity contribution in [1.29, 1.82) is 0 Å². The van der Waals surface area contributed by atoms with Gasteiger partial charge in [0.2, 0.25) is 5.91 Å². The van der Waals surface area contributed by atoms with Crippen LogP contribution in [0.5, 0.6) is 0 Å². The predicted molar refractivity (Wildman–Crippen MR) is 53.3 cm³/mol. The van der Waals surface area contributed by atoms with E-state index >= 15 is 0 Å². The van der Waals surface area contributed by atoms with Crippen molar-refractivity contribution in [3.63, 3.8) is 0 Å². The van der Waals surface area contributed by atoms with Crippen LogP contribution in [0.2, 0.25) is 0 Å². The molecule has 2 saturated heterocycles. The molecule has 84 valence electrons. The van der Waals surface area contributed by atoms with E-state index in [-0.39, 0.29) is 17.5 Å². The van der Waals surface area contributed by atoms with Crippen molar-refractivity contribution in [3.05, 3.63) is 0 Å². The minimum absolute atomic E-state index is 0.150. The SMILES string of the molecule is CC1(N2CCC(=O)NC2=O)CCOCC1. The highest BCUT2D eigenvalue weighted by atomic mass is 16.5. The molecule has 0 atom stereocenters. The van der Waals surface area contributed by atoms with E-state index in [9.17, 15) is 9.59 Å². The van der Waals surface area contributed by atoms with E-state index in [4.69, 9.17) is 4.74 Å². The van der Waals surface area contributed by atoms with Gasteiger partial charge in [-0.25, -0.2) is 4.79 Å². The van der Waals surface area contributed by atoms with Gasteiger partial charge in [0.05, 0.1) is 0 Å². The highest BCUT2D eigenvalue weighted by molar-refractivity contribution is 5.96. The first-order valence-electron chi connectivity index (χ1n) is 5.31. The van der Waals surface area contributed by atoms with Gasteiger partial charge in [0.1, 0.15) is 0 Å². The minimum Gasteiger partial charge on any atom is -0.381 e. The number of amides is 3. The maximum Gasteiger partial charge on any atom is 0.324 e. The molecule has 5 heteroatoms. The van der Waals surface area contributed by atoms with Gasteiger partial charge in [-0.15, -0.1) is 0 Å². The molecule has 0 spiro atoms. The molecule has 0 aromatic carbocycles. The highest BCUT2D eigenvalue weighted by Gasteiger charge is 2.39. The van der Waals surface area contributed by atoms with Gasteiger partial charge < -0.3 is 9.64 Å². The number of urea groups is 1. The molecule has 0 aliphatic carbocycles. The summed E-state index contributed by atoms with van der Waals surface area (Å²) in [7, 11) is 0. The third kappa shape index (κ3) is 1.97. The van der Waals surface area contributed by atoms with Gasteiger partial charge in [-0.3, -0.25) is 10.1 Å². The monoisotopic (exact) mass is 212 g/mol. The Morgan fingerprint density at radius 1 is 1.33 bits per heavy atom. The average Bonchev–Trinajstić information content (AvgIpc) is 2.18. The van der Waals surface area contributed by atoms with E-state index in [1.54, 1.807) is 4.90 Å². The predicted octanol–water partition coefficient (Wildman–Crippen LogP) is 0.497. The molecule has 3 amide bonds. The lowest BCUT2D eigenvalue weighted by molar-refractivity contribution is -0.122. The van der Waals surface area contributed by atoms with E-state index in [1.807, 2.05) is 0 Å². The molecule has 2 heterocycles. The third-order valence-electron chi connectivity index (χ3n) is 3.28. The number of rotatable bonds is 1. The van der Waals surface area contributed by atoms with Crippen LogP contribution in [-0.4, -0.2) is 42.1 Å². The molecule has 0 aromatic rings. The average molecular weight is 212 g/mol. The molecule has 0 bridgehead atoms. The second-order valence-electron chi connectivity index (χ2n) is 4.36. The smallest absolute Gasteiger partial charge is 0.324 e. The molecule has 15 heavy (non-hydrogen) atoms. The largest absolute Gasteiger partial charge is 0.381 e. The lowest BCUT2D eigenvalue weighted by Crippen LogP contribution is -2.60. The van der Waals surface area contributed by atoms with E-state index in [1.165, 1.54) is 0 Å². The van der Waals surface area contributed by atoms with Crippen LogP contribution < -0.4 is 5.32 Å². The molecular formula is C10H16N2O3. The lowest BCUT2D eigenvalue weighted by Gasteiger charge is -2.45. The van der Waals surface area contributed by atoms with Crippen LogP contribution in [0.3, 0.4) is 0 Å². The maximum absolute atomic E-state index is 11.7. The summed E-state index contributed by atoms with van der Waals surface area (Å²) >= 11 is 0. The van der Waals surface area contributed by atoms with Gasteiger partial charge in [-0.05, 0) is 19.8 Å². The molecule has 0 radical (unpaired) electrons. The van der Waals surface area contributed by atoms with Crippen molar-refractivity contribution in [1.82, 2.24) is 10.2 Å². The summed E-state index contributed by atoms with van der Waals surface area (Å²) in [5.74, 6) is -0.174. The first kappa shape index (κ1) is 10.4. The number of nitrogens with zero attached hydrogens (tertiary/aromatic N) is 1. The zero-order valence-corrected chi connectivity index (χ0v) is 8.91. The standard InChI is InChI=1S/C10H16N2O3/c1-10(3-6-15-7-4-10)12-5-2-8(13)11-9(12)14/h2-7H2,1H3,(H,11,13,14). The van der Waals surface area contributed by atoms with Gasteiger partial charge in [0, 0.05) is 31.7 Å². The van der Waals surface area contributed by atoms with Crippen molar-refractivity contribution in [3.8, 4) is 0 Å². The molecule has 5 nitrogen and oxygen atoms in total. The normalized spacial score (nSPS) is 26.3. The van der Waals surface area contributed by atoms with Crippen LogP contribution in [0.4, 0.5) is 4.79 Å². The Kier molecular flexibility index (Phi) is 2.65. The molecule has 0 saturated carbocycles. The summed E-state index contributed by atoms with van der Waals surface area (Å²) < 4.78 is 5.29. The summed E-state index contributed by atoms with van der Waals surface area (Å²) in [5.41, 5.74) is -0.150. The third-order valence-corrected chi connectivity index (χ3v) is 3.28. The van der Waals surface area contributed by atoms with Gasteiger partial charge in [-0.2, -0.15) is 0 Å². The van der Waals surface area contributed by atoms with Crippen LogP contribution in [0.15, 0.2) is 0 Å². The zero-order chi connectivity index (χ0) is 10.9. The van der Waals surface area contributed by atoms with E-state index in [2.05, 4.69) is 12.2 Å². The Balaban J connectivity index is 2.08. The topological polar surface area (TPSA) is 58.6 Å². The molecule has 2 rings (SSSR count). The number of hydrogen-bond donors (Lipinski definition) is 1. The summed E-state index contributed by atoms with van der Waals surface area (Å²) in [6.07, 6.45) is 2.09. The summed E-state index contributed by atoms with van der Waals surface area (Å²) in [4.78, 5) is 24.5. The first-order chi connectivity index (χ1) is 7.12. The van der Waals surface area contributed by atoms with E-state index in [0.717, 1.165) is 12.8 Å². The molecule has 1 N–H and O–H groups in total. The van der Waals surface area contributed by atoms with Crippen molar-refractivity contribution >= 4 is 11.9 Å². The van der Waals surface area contributed by atoms with E-state index < -0.39 is 0 Å². The molecule has 0 unspecified atom stereocenters. The Morgan fingerprint density at radius 3 is 2.60 bits per heavy atom. The van der Waals surface area contributed by atoms with Crippen LogP contribution in [0.25, 0.3) is 0 Å². The Bertz CT molecular complexity index is 284. The van der Waals surface area contributed by atoms with E-state index in [0.29, 0.717) is 26.2 Å². The van der Waals surface area contributed by atoms with Gasteiger partial charge in [0.15, 0.2) is 0 Å². The van der Waals surface area contributed by atoms with Crippen molar-refractivity contribution in [2.24, 2.45) is 0 Å². The Labute approximate surface area is 88.8 Å². The number of hydrogen-bond acceptors (Lipinski definition) is 3. The lowest BCUT2D eigenvalue weighted by atomic mass is 9.90. The van der Waals surface area contributed by atoms with Crippen LogP contribution >= 0.6 is 0 Å². The summed E-state index contributed by atoms with van der Waals surface area (Å²) in [5, 5.41) is 2.36. The zero-order valence-electron chi connectivity index (χ0n) is 8.91. The fourth-order valence-electron chi connectivity index (χ4n) is 2.16. The van der Waals surface area contributed by atoms with Crippen molar-refractivity contribution in [2.45, 2.75) is 31.7 Å². The fourth-order valence-corrected chi connectivity index (χ4v) is 2.16. The second-order valence-corrected chi connectivity index (χ2v) is 4.36. The molecule has 2 aliphatic heterocycles. The number of imide groups is 1. The van der Waals surface area contributed by atoms with Crippen LogP contribution in [-0.2, 0) is 9.53 Å². The Hall–Kier alpha value is -1.10. The number of ether oxygens (including phenoxy) is 1. The maximum atomic E-state index is 11.7. The fraction of sp³-hybridized carbons (Fsp3) is 0.800. The molecular weight excluding hydrogens is 196 g/mol. The number of carbonyl (C=O) groups is 2. The molecule has 2 fully saturated rings. The summed E-state index contributed by atoms with van der Waals surface area (Å²) in [6.45, 7) is 3.97. The highest BCUT2D eigenvalue weighted by Crippen LogP contribution is 2.28. The summed E-state index contributed by atoms with van der Waals surface area (Å²) in [6, 6.07) is -0.254. The quantitative estimate of drug-likeness (QED) is 0.688. The van der Waals surface area contributed by atoms with Crippen molar-refractivity contribution in [2.75, 3.05) is 19.8 Å². The number of nitrogens with one attached hydrogen (secondary N) is 1. The van der Waals surface area contributed by atoms with Gasteiger partial charge in [0.25, 0.3) is 0 Å². The Morgan fingerprint density at radius 2 is 2.00 bits per heavy atom. The molecule has 0 aromatic heterocycles. The number of carbonyl (C=O) groups excluding carboxylic acids is 2. The van der Waals surface area contributed by atoms with Gasteiger partial charge in [-0.1, -0.05) is 0 Å².